The highest BCUT2D eigenvalue weighted by molar-refractivity contribution is 9.10. The summed E-state index contributed by atoms with van der Waals surface area (Å²) in [4.78, 5) is 17.3. The molecule has 0 atom stereocenters. The third-order valence-electron chi connectivity index (χ3n) is 3.04. The Morgan fingerprint density at radius 1 is 1.35 bits per heavy atom. The second kappa shape index (κ2) is 6.52. The number of anilines is 1. The van der Waals surface area contributed by atoms with Crippen molar-refractivity contribution in [2.75, 3.05) is 18.5 Å². The predicted molar refractivity (Wildman–Crippen MR) is 82.3 cm³/mol. The summed E-state index contributed by atoms with van der Waals surface area (Å²) in [7, 11) is 1.98. The zero-order valence-electron chi connectivity index (χ0n) is 11.1. The number of benzene rings is 1. The van der Waals surface area contributed by atoms with Gasteiger partial charge in [-0.1, -0.05) is 6.07 Å². The number of aromatic nitrogens is 1. The summed E-state index contributed by atoms with van der Waals surface area (Å²) >= 11 is 3.42. The van der Waals surface area contributed by atoms with Gasteiger partial charge in [-0.2, -0.15) is 0 Å². The average molecular weight is 335 g/mol. The van der Waals surface area contributed by atoms with Crippen LogP contribution in [0.2, 0.25) is 0 Å². The molecule has 0 bridgehead atoms. The van der Waals surface area contributed by atoms with Gasteiger partial charge in [-0.25, -0.2) is 4.79 Å². The predicted octanol–water partition coefficient (Wildman–Crippen LogP) is 3.22. The Balaban J connectivity index is 2.06. The van der Waals surface area contributed by atoms with Crippen molar-refractivity contribution >= 4 is 27.6 Å². The van der Waals surface area contributed by atoms with Crippen molar-refractivity contribution in [2.24, 2.45) is 0 Å². The quantitative estimate of drug-likeness (QED) is 0.912. The fourth-order valence-corrected chi connectivity index (χ4v) is 2.58. The van der Waals surface area contributed by atoms with Crippen LogP contribution in [-0.4, -0.2) is 29.7 Å². The first-order valence-electron chi connectivity index (χ1n) is 6.22. The van der Waals surface area contributed by atoms with Crippen molar-refractivity contribution in [2.45, 2.75) is 6.42 Å². The lowest BCUT2D eigenvalue weighted by Gasteiger charge is -2.20. The van der Waals surface area contributed by atoms with Crippen molar-refractivity contribution in [1.82, 2.24) is 4.98 Å². The van der Waals surface area contributed by atoms with Gasteiger partial charge in [-0.3, -0.25) is 4.98 Å². The number of likely N-dealkylation sites (N-methyl/N-ethyl adjacent to an activating group) is 1. The van der Waals surface area contributed by atoms with E-state index in [1.54, 1.807) is 18.3 Å². The molecule has 5 heteroatoms. The topological polar surface area (TPSA) is 53.4 Å². The van der Waals surface area contributed by atoms with Crippen LogP contribution in [0.5, 0.6) is 0 Å². The van der Waals surface area contributed by atoms with E-state index >= 15 is 0 Å². The number of nitrogens with zero attached hydrogens (tertiary/aromatic N) is 2. The molecule has 0 fully saturated rings. The number of halogens is 1. The molecule has 1 heterocycles. The highest BCUT2D eigenvalue weighted by atomic mass is 79.9. The minimum absolute atomic E-state index is 0.277. The molecule has 2 rings (SSSR count). The number of aromatic carboxylic acids is 1. The monoisotopic (exact) mass is 334 g/mol. The maximum Gasteiger partial charge on any atom is 0.335 e. The zero-order chi connectivity index (χ0) is 14.5. The summed E-state index contributed by atoms with van der Waals surface area (Å²) in [5.41, 5.74) is 2.28. The SMILES string of the molecule is CN(CCc1ccccn1)c1ccc(C(=O)O)cc1Br. The second-order valence-electron chi connectivity index (χ2n) is 4.46. The lowest BCUT2D eigenvalue weighted by Crippen LogP contribution is -2.21. The highest BCUT2D eigenvalue weighted by Crippen LogP contribution is 2.26. The molecule has 0 radical (unpaired) electrons. The summed E-state index contributed by atoms with van der Waals surface area (Å²) in [6.45, 7) is 0.808. The van der Waals surface area contributed by atoms with E-state index in [0.29, 0.717) is 0 Å². The molecule has 0 aliphatic rings. The number of hydrogen-bond acceptors (Lipinski definition) is 3. The minimum Gasteiger partial charge on any atom is -0.478 e. The minimum atomic E-state index is -0.923. The first kappa shape index (κ1) is 14.5. The Bertz CT molecular complexity index is 602. The average Bonchev–Trinajstić information content (AvgIpc) is 2.45. The van der Waals surface area contributed by atoms with E-state index < -0.39 is 5.97 Å². The van der Waals surface area contributed by atoms with Crippen LogP contribution < -0.4 is 4.90 Å². The van der Waals surface area contributed by atoms with Crippen LogP contribution in [0.3, 0.4) is 0 Å². The van der Waals surface area contributed by atoms with Gasteiger partial charge in [0.1, 0.15) is 0 Å². The zero-order valence-corrected chi connectivity index (χ0v) is 12.7. The molecule has 20 heavy (non-hydrogen) atoms. The molecule has 2 aromatic rings. The maximum atomic E-state index is 10.9. The maximum absolute atomic E-state index is 10.9. The molecular formula is C15H15BrN2O2. The van der Waals surface area contributed by atoms with E-state index in [2.05, 4.69) is 25.8 Å². The van der Waals surface area contributed by atoms with Gasteiger partial charge in [-0.05, 0) is 46.3 Å². The van der Waals surface area contributed by atoms with E-state index in [1.807, 2.05) is 31.3 Å². The molecule has 0 saturated carbocycles. The third kappa shape index (κ3) is 3.57. The van der Waals surface area contributed by atoms with Crippen LogP contribution in [-0.2, 0) is 6.42 Å². The van der Waals surface area contributed by atoms with Crippen LogP contribution in [0.25, 0.3) is 0 Å². The molecule has 0 saturated heterocycles. The number of rotatable bonds is 5. The Morgan fingerprint density at radius 2 is 2.15 bits per heavy atom. The largest absolute Gasteiger partial charge is 0.478 e. The number of carboxylic acids is 1. The first-order valence-corrected chi connectivity index (χ1v) is 7.01. The lowest BCUT2D eigenvalue weighted by molar-refractivity contribution is 0.0697. The van der Waals surface area contributed by atoms with Gasteiger partial charge in [-0.15, -0.1) is 0 Å². The Morgan fingerprint density at radius 3 is 2.75 bits per heavy atom. The number of carbonyl (C=O) groups is 1. The fraction of sp³-hybridized carbons (Fsp3) is 0.200. The van der Waals surface area contributed by atoms with Gasteiger partial charge in [0.05, 0.1) is 11.3 Å². The highest BCUT2D eigenvalue weighted by Gasteiger charge is 2.10. The normalized spacial score (nSPS) is 10.3. The molecular weight excluding hydrogens is 320 g/mol. The van der Waals surface area contributed by atoms with Gasteiger partial charge in [0.2, 0.25) is 0 Å². The Hall–Kier alpha value is -1.88. The molecule has 0 spiro atoms. The Labute approximate surface area is 126 Å². The molecule has 1 N–H and O–H groups in total. The number of carboxylic acid groups (broad SMARTS) is 1. The summed E-state index contributed by atoms with van der Waals surface area (Å²) in [6.07, 6.45) is 2.62. The van der Waals surface area contributed by atoms with Crippen molar-refractivity contribution in [3.8, 4) is 0 Å². The van der Waals surface area contributed by atoms with Crippen LogP contribution in [0.15, 0.2) is 47.1 Å². The van der Waals surface area contributed by atoms with Crippen molar-refractivity contribution in [3.63, 3.8) is 0 Å². The van der Waals surface area contributed by atoms with E-state index in [4.69, 9.17) is 5.11 Å². The van der Waals surface area contributed by atoms with Crippen LogP contribution in [0, 0.1) is 0 Å². The van der Waals surface area contributed by atoms with Crippen molar-refractivity contribution in [3.05, 3.63) is 58.3 Å². The van der Waals surface area contributed by atoms with Crippen LogP contribution in [0.4, 0.5) is 5.69 Å². The van der Waals surface area contributed by atoms with E-state index in [1.165, 1.54) is 0 Å². The van der Waals surface area contributed by atoms with Crippen molar-refractivity contribution < 1.29 is 9.90 Å². The van der Waals surface area contributed by atoms with Crippen LogP contribution >= 0.6 is 15.9 Å². The van der Waals surface area contributed by atoms with E-state index in [0.717, 1.165) is 28.8 Å². The number of pyridine rings is 1. The fourth-order valence-electron chi connectivity index (χ4n) is 1.90. The molecule has 104 valence electrons. The molecule has 4 nitrogen and oxygen atoms in total. The molecule has 0 amide bonds. The smallest absolute Gasteiger partial charge is 0.335 e. The molecule has 1 aromatic carbocycles. The lowest BCUT2D eigenvalue weighted by atomic mass is 10.2. The standard InChI is InChI=1S/C15H15BrN2O2/c1-18(9-7-12-4-2-3-8-17-12)14-6-5-11(15(19)20)10-13(14)16/h2-6,8,10H,7,9H2,1H3,(H,19,20). The molecule has 0 aliphatic heterocycles. The van der Waals surface area contributed by atoms with Gasteiger partial charge in [0.25, 0.3) is 0 Å². The summed E-state index contributed by atoms with van der Waals surface area (Å²) in [6, 6.07) is 10.9. The second-order valence-corrected chi connectivity index (χ2v) is 5.32. The summed E-state index contributed by atoms with van der Waals surface area (Å²) < 4.78 is 0.779. The van der Waals surface area contributed by atoms with Crippen molar-refractivity contribution in [1.29, 1.82) is 0 Å². The molecule has 0 unspecified atom stereocenters. The van der Waals surface area contributed by atoms with Gasteiger partial charge >= 0.3 is 5.97 Å². The van der Waals surface area contributed by atoms with Gasteiger partial charge in [0, 0.05) is 36.4 Å². The van der Waals surface area contributed by atoms with E-state index in [9.17, 15) is 4.79 Å². The van der Waals surface area contributed by atoms with Crippen LogP contribution in [0.1, 0.15) is 16.1 Å². The summed E-state index contributed by atoms with van der Waals surface area (Å²) in [5.74, 6) is -0.923. The third-order valence-corrected chi connectivity index (χ3v) is 3.67. The molecule has 1 aromatic heterocycles. The Kier molecular flexibility index (Phi) is 4.74. The molecule has 0 aliphatic carbocycles. The number of hydrogen-bond donors (Lipinski definition) is 1. The van der Waals surface area contributed by atoms with Gasteiger partial charge < -0.3 is 10.0 Å². The first-order chi connectivity index (χ1) is 9.58. The summed E-state index contributed by atoms with van der Waals surface area (Å²) in [5, 5.41) is 8.95. The van der Waals surface area contributed by atoms with E-state index in [-0.39, 0.29) is 5.56 Å². The van der Waals surface area contributed by atoms with Gasteiger partial charge in [0.15, 0.2) is 0 Å².